The Balaban J connectivity index is 2.33. The van der Waals surface area contributed by atoms with Gasteiger partial charge in [-0.2, -0.15) is 0 Å². The first-order valence-corrected chi connectivity index (χ1v) is 6.83. The number of carbonyl (C=O) groups is 1. The predicted molar refractivity (Wildman–Crippen MR) is 76.1 cm³/mol. The minimum absolute atomic E-state index is 0.00655. The molecule has 1 heterocycles. The Morgan fingerprint density at radius 2 is 2.16 bits per heavy atom. The summed E-state index contributed by atoms with van der Waals surface area (Å²) in [6, 6.07) is 5.92. The van der Waals surface area contributed by atoms with Gasteiger partial charge in [-0.05, 0) is 36.1 Å². The van der Waals surface area contributed by atoms with E-state index in [-0.39, 0.29) is 24.5 Å². The zero-order valence-electron chi connectivity index (χ0n) is 11.6. The van der Waals surface area contributed by atoms with E-state index in [1.165, 1.54) is 5.56 Å². The molecule has 0 aromatic heterocycles. The maximum Gasteiger partial charge on any atom is 0.231 e. The van der Waals surface area contributed by atoms with Crippen LogP contribution in [0.4, 0.5) is 5.69 Å². The molecule has 1 aromatic carbocycles. The predicted octanol–water partition coefficient (Wildman–Crippen LogP) is 1.09. The number of carbonyl (C=O) groups excluding carboxylic acids is 1. The molecule has 19 heavy (non-hydrogen) atoms. The fraction of sp³-hybridized carbons (Fsp3) is 0.533. The van der Waals surface area contributed by atoms with E-state index in [2.05, 4.69) is 6.07 Å². The van der Waals surface area contributed by atoms with Crippen LogP contribution >= 0.6 is 0 Å². The van der Waals surface area contributed by atoms with Gasteiger partial charge in [0.15, 0.2) is 0 Å². The van der Waals surface area contributed by atoms with Crippen molar-refractivity contribution in [3.05, 3.63) is 29.3 Å². The van der Waals surface area contributed by atoms with Crippen LogP contribution in [-0.4, -0.2) is 30.2 Å². The summed E-state index contributed by atoms with van der Waals surface area (Å²) >= 11 is 0. The number of hydrogen-bond donors (Lipinski definition) is 2. The molecule has 104 valence electrons. The van der Waals surface area contributed by atoms with Crippen LogP contribution in [0.15, 0.2) is 18.2 Å². The minimum Gasteiger partial charge on any atom is -0.394 e. The Labute approximate surface area is 114 Å². The van der Waals surface area contributed by atoms with E-state index in [9.17, 15) is 9.90 Å². The number of hydrogen-bond acceptors (Lipinski definition) is 3. The van der Waals surface area contributed by atoms with Gasteiger partial charge in [-0.1, -0.05) is 26.0 Å². The highest BCUT2D eigenvalue weighted by atomic mass is 16.3. The van der Waals surface area contributed by atoms with Gasteiger partial charge in [0, 0.05) is 5.69 Å². The quantitative estimate of drug-likeness (QED) is 0.835. The van der Waals surface area contributed by atoms with Crippen LogP contribution < -0.4 is 10.6 Å². The van der Waals surface area contributed by atoms with E-state index in [0.717, 1.165) is 17.7 Å². The number of amides is 1. The van der Waals surface area contributed by atoms with Crippen molar-refractivity contribution in [1.82, 2.24) is 0 Å². The van der Waals surface area contributed by atoms with Crippen molar-refractivity contribution in [2.24, 2.45) is 11.7 Å². The van der Waals surface area contributed by atoms with Crippen molar-refractivity contribution < 1.29 is 9.90 Å². The molecular formula is C15H22N2O2. The summed E-state index contributed by atoms with van der Waals surface area (Å²) in [5, 5.41) is 9.53. The zero-order valence-corrected chi connectivity index (χ0v) is 11.6. The molecule has 0 spiro atoms. The van der Waals surface area contributed by atoms with Crippen LogP contribution in [0.3, 0.4) is 0 Å². The summed E-state index contributed by atoms with van der Waals surface area (Å²) in [4.78, 5) is 14.0. The average molecular weight is 262 g/mol. The number of aliphatic hydroxyl groups excluding tert-OH is 1. The molecule has 1 atom stereocenters. The Bertz CT molecular complexity index is 471. The molecule has 1 aromatic rings. The number of aliphatic hydroxyl groups is 1. The number of anilines is 1. The van der Waals surface area contributed by atoms with E-state index in [0.29, 0.717) is 13.0 Å². The third-order valence-corrected chi connectivity index (χ3v) is 3.74. The van der Waals surface area contributed by atoms with E-state index in [1.807, 2.05) is 26.0 Å². The standard InChI is InChI=1S/C15H22N2O2/c1-10(2)14(9-18)17-13-4-3-11(5-6-16)7-12(13)8-15(17)19/h3-4,7,10,14,18H,5-6,8-9,16H2,1-2H3. The fourth-order valence-corrected chi connectivity index (χ4v) is 2.67. The molecule has 0 bridgehead atoms. The van der Waals surface area contributed by atoms with Gasteiger partial charge < -0.3 is 15.7 Å². The molecule has 1 amide bonds. The lowest BCUT2D eigenvalue weighted by atomic mass is 10.0. The summed E-state index contributed by atoms with van der Waals surface area (Å²) in [5.74, 6) is 0.302. The number of fused-ring (bicyclic) bond motifs is 1. The van der Waals surface area contributed by atoms with Gasteiger partial charge in [0.05, 0.1) is 19.1 Å². The summed E-state index contributed by atoms with van der Waals surface area (Å²) in [5.41, 5.74) is 8.72. The van der Waals surface area contributed by atoms with Gasteiger partial charge in [0.1, 0.15) is 0 Å². The smallest absolute Gasteiger partial charge is 0.231 e. The SMILES string of the molecule is CC(C)C(CO)N1C(=O)Cc2cc(CCN)ccc21. The molecule has 1 aliphatic rings. The molecule has 4 nitrogen and oxygen atoms in total. The first-order chi connectivity index (χ1) is 9.08. The maximum atomic E-state index is 12.2. The van der Waals surface area contributed by atoms with E-state index >= 15 is 0 Å². The largest absolute Gasteiger partial charge is 0.394 e. The third kappa shape index (κ3) is 2.65. The van der Waals surface area contributed by atoms with Gasteiger partial charge in [-0.15, -0.1) is 0 Å². The maximum absolute atomic E-state index is 12.2. The number of rotatable bonds is 5. The van der Waals surface area contributed by atoms with E-state index < -0.39 is 0 Å². The normalized spacial score (nSPS) is 16.1. The molecular weight excluding hydrogens is 240 g/mol. The summed E-state index contributed by atoms with van der Waals surface area (Å²) in [6.07, 6.45) is 1.26. The molecule has 0 radical (unpaired) electrons. The van der Waals surface area contributed by atoms with Gasteiger partial charge in [0.2, 0.25) is 5.91 Å². The van der Waals surface area contributed by atoms with Crippen LogP contribution in [0.1, 0.15) is 25.0 Å². The lowest BCUT2D eigenvalue weighted by Crippen LogP contribution is -2.43. The lowest BCUT2D eigenvalue weighted by Gasteiger charge is -2.30. The highest BCUT2D eigenvalue weighted by Crippen LogP contribution is 2.33. The molecule has 0 aliphatic carbocycles. The van der Waals surface area contributed by atoms with Crippen molar-refractivity contribution in [3.8, 4) is 0 Å². The van der Waals surface area contributed by atoms with Crippen molar-refractivity contribution in [3.63, 3.8) is 0 Å². The van der Waals surface area contributed by atoms with Gasteiger partial charge in [-0.25, -0.2) is 0 Å². The minimum atomic E-state index is -0.144. The first kappa shape index (κ1) is 14.0. The van der Waals surface area contributed by atoms with Crippen molar-refractivity contribution >= 4 is 11.6 Å². The van der Waals surface area contributed by atoms with Crippen molar-refractivity contribution in [1.29, 1.82) is 0 Å². The summed E-state index contributed by atoms with van der Waals surface area (Å²) < 4.78 is 0. The van der Waals surface area contributed by atoms with Crippen LogP contribution in [0.2, 0.25) is 0 Å². The second kappa shape index (κ2) is 5.72. The monoisotopic (exact) mass is 262 g/mol. The number of nitrogens with zero attached hydrogens (tertiary/aromatic N) is 1. The lowest BCUT2D eigenvalue weighted by molar-refractivity contribution is -0.118. The third-order valence-electron chi connectivity index (χ3n) is 3.74. The Hall–Kier alpha value is -1.39. The van der Waals surface area contributed by atoms with Gasteiger partial charge in [0.25, 0.3) is 0 Å². The van der Waals surface area contributed by atoms with Crippen LogP contribution in [0.5, 0.6) is 0 Å². The molecule has 1 aliphatic heterocycles. The van der Waals surface area contributed by atoms with Gasteiger partial charge in [-0.3, -0.25) is 4.79 Å². The zero-order chi connectivity index (χ0) is 14.0. The molecule has 0 saturated carbocycles. The highest BCUT2D eigenvalue weighted by molar-refractivity contribution is 6.02. The average Bonchev–Trinajstić information content (AvgIpc) is 2.67. The summed E-state index contributed by atoms with van der Waals surface area (Å²) in [6.45, 7) is 4.65. The Morgan fingerprint density at radius 1 is 1.42 bits per heavy atom. The molecule has 1 unspecified atom stereocenters. The second-order valence-corrected chi connectivity index (χ2v) is 5.44. The molecule has 3 N–H and O–H groups in total. The first-order valence-electron chi connectivity index (χ1n) is 6.83. The second-order valence-electron chi connectivity index (χ2n) is 5.44. The Kier molecular flexibility index (Phi) is 4.22. The van der Waals surface area contributed by atoms with Crippen molar-refractivity contribution in [2.45, 2.75) is 32.7 Å². The number of nitrogens with two attached hydrogens (primary N) is 1. The molecule has 0 fully saturated rings. The van der Waals surface area contributed by atoms with Gasteiger partial charge >= 0.3 is 0 Å². The fourth-order valence-electron chi connectivity index (χ4n) is 2.67. The molecule has 0 saturated heterocycles. The number of benzene rings is 1. The van der Waals surface area contributed by atoms with E-state index in [1.54, 1.807) is 4.90 Å². The van der Waals surface area contributed by atoms with Crippen LogP contribution in [-0.2, 0) is 17.6 Å². The molecule has 4 heteroatoms. The van der Waals surface area contributed by atoms with Crippen LogP contribution in [0.25, 0.3) is 0 Å². The summed E-state index contributed by atoms with van der Waals surface area (Å²) in [7, 11) is 0. The molecule has 2 rings (SSSR count). The topological polar surface area (TPSA) is 66.6 Å². The van der Waals surface area contributed by atoms with Crippen LogP contribution in [0, 0.1) is 5.92 Å². The van der Waals surface area contributed by atoms with E-state index in [4.69, 9.17) is 5.73 Å². The van der Waals surface area contributed by atoms with Crippen molar-refractivity contribution in [2.75, 3.05) is 18.1 Å². The Morgan fingerprint density at radius 3 is 2.74 bits per heavy atom. The highest BCUT2D eigenvalue weighted by Gasteiger charge is 2.34.